The van der Waals surface area contributed by atoms with Crippen LogP contribution in [0.5, 0.6) is 0 Å². The van der Waals surface area contributed by atoms with Crippen molar-refractivity contribution in [1.82, 2.24) is 5.32 Å². The van der Waals surface area contributed by atoms with Crippen LogP contribution in [0.4, 0.5) is 0 Å². The summed E-state index contributed by atoms with van der Waals surface area (Å²) in [5, 5.41) is 3.02. The minimum Gasteiger partial charge on any atom is -0.352 e. The van der Waals surface area contributed by atoms with E-state index in [1.165, 1.54) is 5.56 Å². The van der Waals surface area contributed by atoms with Crippen LogP contribution in [0.25, 0.3) is 0 Å². The first-order valence-corrected chi connectivity index (χ1v) is 8.78. The topological polar surface area (TPSA) is 29.1 Å². The first-order valence-electron chi connectivity index (χ1n) is 7.25. The molecule has 1 N–H and O–H groups in total. The van der Waals surface area contributed by atoms with Crippen LogP contribution in [-0.2, 0) is 0 Å². The van der Waals surface area contributed by atoms with Crippen molar-refractivity contribution in [1.29, 1.82) is 0 Å². The lowest BCUT2D eigenvalue weighted by atomic mass is 9.93. The Morgan fingerprint density at radius 3 is 2.19 bits per heavy atom. The molecule has 1 amide bonds. The number of amides is 1. The van der Waals surface area contributed by atoms with Crippen LogP contribution in [0.2, 0.25) is 0 Å². The average molecular weight is 393 g/mol. The van der Waals surface area contributed by atoms with Crippen LogP contribution < -0.4 is 5.32 Å². The van der Waals surface area contributed by atoms with Crippen molar-refractivity contribution in [2.24, 2.45) is 0 Å². The lowest BCUT2D eigenvalue weighted by Crippen LogP contribution is -2.25. The molecule has 0 saturated heterocycles. The average Bonchev–Trinajstić information content (AvgIpc) is 2.55. The molecule has 0 aliphatic rings. The molecular weight excluding hydrogens is 373 g/mol. The van der Waals surface area contributed by atoms with Gasteiger partial charge in [0.05, 0.1) is 0 Å². The van der Waals surface area contributed by atoms with Crippen LogP contribution in [0, 0.1) is 0 Å². The summed E-state index contributed by atoms with van der Waals surface area (Å²) in [7, 11) is 0. The highest BCUT2D eigenvalue weighted by atomic mass is 127. The van der Waals surface area contributed by atoms with E-state index in [0.717, 1.165) is 22.8 Å². The van der Waals surface area contributed by atoms with E-state index in [9.17, 15) is 4.79 Å². The normalized spacial score (nSPS) is 11.9. The summed E-state index contributed by atoms with van der Waals surface area (Å²) in [6, 6.07) is 19.9. The Morgan fingerprint density at radius 1 is 0.952 bits per heavy atom. The molecule has 0 fully saturated rings. The summed E-state index contributed by atoms with van der Waals surface area (Å²) < 4.78 is 1.13. The zero-order valence-corrected chi connectivity index (χ0v) is 14.1. The molecule has 2 aromatic carbocycles. The van der Waals surface area contributed by atoms with Crippen LogP contribution >= 0.6 is 22.6 Å². The van der Waals surface area contributed by atoms with Crippen molar-refractivity contribution in [3.05, 3.63) is 71.8 Å². The third kappa shape index (κ3) is 5.16. The van der Waals surface area contributed by atoms with Gasteiger partial charge in [0.25, 0.3) is 5.91 Å². The van der Waals surface area contributed by atoms with Gasteiger partial charge in [-0.05, 0) is 36.5 Å². The largest absolute Gasteiger partial charge is 0.352 e. The van der Waals surface area contributed by atoms with Crippen molar-refractivity contribution in [2.45, 2.75) is 18.8 Å². The maximum Gasteiger partial charge on any atom is 0.251 e. The maximum atomic E-state index is 12.0. The van der Waals surface area contributed by atoms with E-state index in [2.05, 4.69) is 52.2 Å². The quantitative estimate of drug-likeness (QED) is 0.548. The zero-order chi connectivity index (χ0) is 14.9. The maximum absolute atomic E-state index is 12.0. The molecule has 0 radical (unpaired) electrons. The van der Waals surface area contributed by atoms with E-state index in [0.29, 0.717) is 12.5 Å². The summed E-state index contributed by atoms with van der Waals surface area (Å²) in [6.45, 7) is 0.712. The molecule has 0 heterocycles. The Bertz CT molecular complexity index is 542. The fraction of sp³-hybridized carbons (Fsp3) is 0.278. The fourth-order valence-corrected chi connectivity index (χ4v) is 3.14. The van der Waals surface area contributed by atoms with Gasteiger partial charge in [0.15, 0.2) is 0 Å². The highest BCUT2D eigenvalue weighted by Gasteiger charge is 2.11. The number of halogens is 1. The van der Waals surface area contributed by atoms with Crippen LogP contribution in [0.15, 0.2) is 60.7 Å². The Kier molecular flexibility index (Phi) is 6.73. The number of carbonyl (C=O) groups is 1. The van der Waals surface area contributed by atoms with Crippen molar-refractivity contribution in [3.8, 4) is 0 Å². The third-order valence-corrected chi connectivity index (χ3v) is 4.17. The molecule has 1 unspecified atom stereocenters. The van der Waals surface area contributed by atoms with Gasteiger partial charge < -0.3 is 5.32 Å². The predicted molar refractivity (Wildman–Crippen MR) is 96.1 cm³/mol. The van der Waals surface area contributed by atoms with E-state index in [1.807, 2.05) is 36.4 Å². The van der Waals surface area contributed by atoms with Gasteiger partial charge in [-0.2, -0.15) is 0 Å². The van der Waals surface area contributed by atoms with Gasteiger partial charge >= 0.3 is 0 Å². The molecule has 3 heteroatoms. The van der Waals surface area contributed by atoms with Gasteiger partial charge in [-0.15, -0.1) is 0 Å². The van der Waals surface area contributed by atoms with Crippen molar-refractivity contribution >= 4 is 28.5 Å². The molecule has 0 spiro atoms. The molecule has 21 heavy (non-hydrogen) atoms. The molecule has 2 aromatic rings. The van der Waals surface area contributed by atoms with E-state index in [1.54, 1.807) is 0 Å². The number of hydrogen-bond acceptors (Lipinski definition) is 1. The monoisotopic (exact) mass is 393 g/mol. The summed E-state index contributed by atoms with van der Waals surface area (Å²) in [6.07, 6.45) is 2.12. The smallest absolute Gasteiger partial charge is 0.251 e. The molecule has 2 nitrogen and oxygen atoms in total. The summed E-state index contributed by atoms with van der Waals surface area (Å²) >= 11 is 2.42. The third-order valence-electron chi connectivity index (χ3n) is 3.54. The number of benzene rings is 2. The molecule has 0 aliphatic carbocycles. The van der Waals surface area contributed by atoms with Gasteiger partial charge in [-0.25, -0.2) is 0 Å². The summed E-state index contributed by atoms with van der Waals surface area (Å²) in [5.74, 6) is 0.524. The van der Waals surface area contributed by atoms with E-state index >= 15 is 0 Å². The van der Waals surface area contributed by atoms with Gasteiger partial charge in [-0.3, -0.25) is 4.79 Å². The predicted octanol–water partition coefficient (Wildman–Crippen LogP) is 4.42. The van der Waals surface area contributed by atoms with E-state index in [-0.39, 0.29) is 5.91 Å². The number of alkyl halides is 1. The standard InChI is InChI=1S/C18H20INO/c19-13-11-16(15-7-3-1-4-8-15)12-14-20-18(21)17-9-5-2-6-10-17/h1-10,16H,11-14H2,(H,20,21). The molecular formula is C18H20INO. The Hall–Kier alpha value is -1.36. The number of rotatable bonds is 7. The fourth-order valence-electron chi connectivity index (χ4n) is 2.39. The summed E-state index contributed by atoms with van der Waals surface area (Å²) in [5.41, 5.74) is 2.09. The second kappa shape index (κ2) is 8.82. The van der Waals surface area contributed by atoms with Crippen LogP contribution in [-0.4, -0.2) is 16.9 Å². The van der Waals surface area contributed by atoms with Crippen molar-refractivity contribution in [2.75, 3.05) is 11.0 Å². The minimum atomic E-state index is 0.0110. The van der Waals surface area contributed by atoms with E-state index in [4.69, 9.17) is 0 Å². The lowest BCUT2D eigenvalue weighted by molar-refractivity contribution is 0.0952. The van der Waals surface area contributed by atoms with Gasteiger partial charge in [-0.1, -0.05) is 71.1 Å². The molecule has 2 rings (SSSR count). The van der Waals surface area contributed by atoms with E-state index < -0.39 is 0 Å². The molecule has 110 valence electrons. The van der Waals surface area contributed by atoms with Crippen LogP contribution in [0.3, 0.4) is 0 Å². The zero-order valence-electron chi connectivity index (χ0n) is 12.0. The number of carbonyl (C=O) groups excluding carboxylic acids is 1. The highest BCUT2D eigenvalue weighted by molar-refractivity contribution is 14.1. The second-order valence-corrected chi connectivity index (χ2v) is 6.07. The molecule has 0 saturated carbocycles. The minimum absolute atomic E-state index is 0.0110. The first kappa shape index (κ1) is 16.0. The van der Waals surface area contributed by atoms with Gasteiger partial charge in [0, 0.05) is 16.5 Å². The molecule has 1 atom stereocenters. The highest BCUT2D eigenvalue weighted by Crippen LogP contribution is 2.23. The number of hydrogen-bond donors (Lipinski definition) is 1. The second-order valence-electron chi connectivity index (χ2n) is 5.00. The number of nitrogens with one attached hydrogen (secondary N) is 1. The Morgan fingerprint density at radius 2 is 1.57 bits per heavy atom. The van der Waals surface area contributed by atoms with Gasteiger partial charge in [0.2, 0.25) is 0 Å². The Labute approximate surface area is 140 Å². The van der Waals surface area contributed by atoms with Gasteiger partial charge in [0.1, 0.15) is 0 Å². The Balaban J connectivity index is 1.87. The molecule has 0 aromatic heterocycles. The van der Waals surface area contributed by atoms with Crippen molar-refractivity contribution in [3.63, 3.8) is 0 Å². The molecule has 0 aliphatic heterocycles. The van der Waals surface area contributed by atoms with Crippen molar-refractivity contribution < 1.29 is 4.79 Å². The van der Waals surface area contributed by atoms with Crippen LogP contribution in [0.1, 0.15) is 34.7 Å². The molecule has 0 bridgehead atoms. The first-order chi connectivity index (χ1) is 10.3. The summed E-state index contributed by atoms with van der Waals surface area (Å²) in [4.78, 5) is 12.0. The lowest BCUT2D eigenvalue weighted by Gasteiger charge is -2.16. The SMILES string of the molecule is O=C(NCCC(CCI)c1ccccc1)c1ccccc1.